The third-order valence-corrected chi connectivity index (χ3v) is 3.46. The van der Waals surface area contributed by atoms with Gasteiger partial charge < -0.3 is 10.5 Å². The molecule has 2 aromatic carbocycles. The highest BCUT2D eigenvalue weighted by molar-refractivity contribution is 5.87. The molecule has 0 radical (unpaired) electrons. The smallest absolute Gasteiger partial charge is 0.122 e. The second kappa shape index (κ2) is 6.07. The van der Waals surface area contributed by atoms with Crippen LogP contribution in [0.1, 0.15) is 25.8 Å². The maximum Gasteiger partial charge on any atom is 0.122 e. The molecule has 0 saturated heterocycles. The number of rotatable bonds is 5. The van der Waals surface area contributed by atoms with Crippen molar-refractivity contribution in [3.8, 4) is 5.75 Å². The largest absolute Gasteiger partial charge is 0.496 e. The first kappa shape index (κ1) is 13.9. The summed E-state index contributed by atoms with van der Waals surface area (Å²) >= 11 is 0. The monoisotopic (exact) mass is 257 g/mol. The van der Waals surface area contributed by atoms with E-state index in [-0.39, 0.29) is 6.04 Å². The summed E-state index contributed by atoms with van der Waals surface area (Å²) in [4.78, 5) is 0. The van der Waals surface area contributed by atoms with Crippen LogP contribution in [0.5, 0.6) is 5.75 Å². The third-order valence-electron chi connectivity index (χ3n) is 3.46. The molecule has 0 heterocycles. The fourth-order valence-electron chi connectivity index (χ4n) is 2.67. The van der Waals surface area contributed by atoms with Crippen LogP contribution in [0.15, 0.2) is 36.4 Å². The van der Waals surface area contributed by atoms with E-state index in [2.05, 4.69) is 44.2 Å². The molecule has 0 amide bonds. The van der Waals surface area contributed by atoms with E-state index in [1.54, 1.807) is 7.11 Å². The number of nitrogens with two attached hydrogens (primary N) is 1. The first-order chi connectivity index (χ1) is 9.11. The van der Waals surface area contributed by atoms with E-state index in [9.17, 15) is 0 Å². The molecule has 0 aliphatic heterocycles. The first-order valence-corrected chi connectivity index (χ1v) is 6.92. The third kappa shape index (κ3) is 3.27. The van der Waals surface area contributed by atoms with Gasteiger partial charge in [0.05, 0.1) is 7.11 Å². The van der Waals surface area contributed by atoms with Crippen LogP contribution in [0.2, 0.25) is 0 Å². The number of hydrogen-bond donors (Lipinski definition) is 1. The van der Waals surface area contributed by atoms with Gasteiger partial charge in [-0.1, -0.05) is 44.2 Å². The summed E-state index contributed by atoms with van der Waals surface area (Å²) in [5.74, 6) is 1.56. The van der Waals surface area contributed by atoms with Crippen LogP contribution >= 0.6 is 0 Å². The van der Waals surface area contributed by atoms with Gasteiger partial charge in [-0.2, -0.15) is 0 Å². The van der Waals surface area contributed by atoms with Gasteiger partial charge in [-0.15, -0.1) is 0 Å². The normalized spacial score (nSPS) is 12.9. The van der Waals surface area contributed by atoms with Crippen LogP contribution in [0.3, 0.4) is 0 Å². The van der Waals surface area contributed by atoms with E-state index < -0.39 is 0 Å². The molecule has 2 N–H and O–H groups in total. The lowest BCUT2D eigenvalue weighted by Gasteiger charge is -2.18. The van der Waals surface area contributed by atoms with Crippen molar-refractivity contribution in [1.29, 1.82) is 0 Å². The van der Waals surface area contributed by atoms with E-state index in [1.165, 1.54) is 16.3 Å². The van der Waals surface area contributed by atoms with Crippen LogP contribution in [0.4, 0.5) is 0 Å². The van der Waals surface area contributed by atoms with E-state index in [0.717, 1.165) is 18.6 Å². The Morgan fingerprint density at radius 1 is 1.11 bits per heavy atom. The number of hydrogen-bond acceptors (Lipinski definition) is 2. The summed E-state index contributed by atoms with van der Waals surface area (Å²) in [5.41, 5.74) is 7.50. The average Bonchev–Trinajstić information content (AvgIpc) is 2.38. The zero-order chi connectivity index (χ0) is 13.8. The maximum atomic E-state index is 6.27. The van der Waals surface area contributed by atoms with Crippen molar-refractivity contribution in [1.82, 2.24) is 0 Å². The Kier molecular flexibility index (Phi) is 4.43. The Hall–Kier alpha value is -1.54. The summed E-state index contributed by atoms with van der Waals surface area (Å²) in [6.45, 7) is 4.42. The Balaban J connectivity index is 2.38. The van der Waals surface area contributed by atoms with Crippen LogP contribution < -0.4 is 10.5 Å². The van der Waals surface area contributed by atoms with Crippen molar-refractivity contribution in [3.63, 3.8) is 0 Å². The van der Waals surface area contributed by atoms with E-state index >= 15 is 0 Å². The molecule has 2 rings (SSSR count). The highest BCUT2D eigenvalue weighted by Crippen LogP contribution is 2.29. The second-order valence-corrected chi connectivity index (χ2v) is 5.56. The van der Waals surface area contributed by atoms with Gasteiger partial charge in [-0.3, -0.25) is 0 Å². The molecule has 0 spiro atoms. The number of methoxy groups -OCH3 is 1. The molecule has 1 unspecified atom stereocenters. The van der Waals surface area contributed by atoms with Crippen molar-refractivity contribution >= 4 is 10.8 Å². The molecule has 2 heteroatoms. The molecular formula is C17H23NO. The maximum absolute atomic E-state index is 6.27. The van der Waals surface area contributed by atoms with E-state index in [0.29, 0.717) is 5.92 Å². The first-order valence-electron chi connectivity index (χ1n) is 6.92. The number of ether oxygens (including phenoxy) is 1. The van der Waals surface area contributed by atoms with Crippen LogP contribution in [-0.2, 0) is 6.42 Å². The molecule has 2 nitrogen and oxygen atoms in total. The van der Waals surface area contributed by atoms with Crippen molar-refractivity contribution in [2.75, 3.05) is 7.11 Å². The molecular weight excluding hydrogens is 234 g/mol. The molecule has 0 aliphatic rings. The zero-order valence-electron chi connectivity index (χ0n) is 12.0. The molecule has 0 fully saturated rings. The van der Waals surface area contributed by atoms with Crippen molar-refractivity contribution in [2.45, 2.75) is 32.7 Å². The lowest BCUT2D eigenvalue weighted by atomic mass is 9.94. The second-order valence-electron chi connectivity index (χ2n) is 5.56. The lowest BCUT2D eigenvalue weighted by molar-refractivity contribution is 0.406. The Bertz CT molecular complexity index is 548. The van der Waals surface area contributed by atoms with Gasteiger partial charge in [0.25, 0.3) is 0 Å². The van der Waals surface area contributed by atoms with Gasteiger partial charge in [0.1, 0.15) is 5.75 Å². The summed E-state index contributed by atoms with van der Waals surface area (Å²) in [6.07, 6.45) is 1.90. The van der Waals surface area contributed by atoms with Gasteiger partial charge in [-0.25, -0.2) is 0 Å². The average molecular weight is 257 g/mol. The van der Waals surface area contributed by atoms with Crippen LogP contribution in [-0.4, -0.2) is 13.2 Å². The van der Waals surface area contributed by atoms with Crippen molar-refractivity contribution < 1.29 is 4.74 Å². The van der Waals surface area contributed by atoms with Crippen molar-refractivity contribution in [2.24, 2.45) is 11.7 Å². The molecule has 0 saturated carbocycles. The Morgan fingerprint density at radius 3 is 2.53 bits per heavy atom. The van der Waals surface area contributed by atoms with Crippen LogP contribution in [0.25, 0.3) is 10.8 Å². The van der Waals surface area contributed by atoms with Crippen molar-refractivity contribution in [3.05, 3.63) is 42.0 Å². The number of fused-ring (bicyclic) bond motifs is 1. The van der Waals surface area contributed by atoms with Gasteiger partial charge in [0.15, 0.2) is 0 Å². The molecule has 19 heavy (non-hydrogen) atoms. The molecule has 0 aliphatic carbocycles. The van der Waals surface area contributed by atoms with Gasteiger partial charge >= 0.3 is 0 Å². The number of benzene rings is 2. The van der Waals surface area contributed by atoms with Gasteiger partial charge in [0.2, 0.25) is 0 Å². The molecule has 0 bridgehead atoms. The van der Waals surface area contributed by atoms with Gasteiger partial charge in [0, 0.05) is 11.6 Å². The Labute approximate surface area is 115 Å². The fraction of sp³-hybridized carbons (Fsp3) is 0.412. The molecule has 102 valence electrons. The standard InChI is InChI=1S/C17H23NO/c1-12(2)10-14(18)11-16-15-7-5-4-6-13(15)8-9-17(16)19-3/h4-9,12,14H,10-11,18H2,1-3H3. The fourth-order valence-corrected chi connectivity index (χ4v) is 2.67. The Morgan fingerprint density at radius 2 is 1.84 bits per heavy atom. The minimum absolute atomic E-state index is 0.180. The summed E-state index contributed by atoms with van der Waals surface area (Å²) < 4.78 is 5.50. The minimum atomic E-state index is 0.180. The quantitative estimate of drug-likeness (QED) is 0.885. The van der Waals surface area contributed by atoms with Crippen LogP contribution in [0, 0.1) is 5.92 Å². The predicted molar refractivity (Wildman–Crippen MR) is 81.6 cm³/mol. The van der Waals surface area contributed by atoms with E-state index in [1.807, 2.05) is 6.07 Å². The zero-order valence-corrected chi connectivity index (χ0v) is 12.0. The SMILES string of the molecule is COc1ccc2ccccc2c1CC(N)CC(C)C. The summed E-state index contributed by atoms with van der Waals surface area (Å²) in [7, 11) is 1.72. The van der Waals surface area contributed by atoms with E-state index in [4.69, 9.17) is 10.5 Å². The summed E-state index contributed by atoms with van der Waals surface area (Å²) in [5, 5.41) is 2.50. The molecule has 0 aromatic heterocycles. The topological polar surface area (TPSA) is 35.2 Å². The summed E-state index contributed by atoms with van der Waals surface area (Å²) in [6, 6.07) is 12.7. The molecule has 2 aromatic rings. The molecule has 1 atom stereocenters. The predicted octanol–water partition coefficient (Wildman–Crippen LogP) is 3.76. The van der Waals surface area contributed by atoms with Gasteiger partial charge in [-0.05, 0) is 35.6 Å². The lowest BCUT2D eigenvalue weighted by Crippen LogP contribution is -2.25. The minimum Gasteiger partial charge on any atom is -0.496 e. The highest BCUT2D eigenvalue weighted by Gasteiger charge is 2.13. The highest BCUT2D eigenvalue weighted by atomic mass is 16.5.